The van der Waals surface area contributed by atoms with Crippen molar-refractivity contribution >= 4 is 29.3 Å². The standard InChI is InChI=1S/C18H20N4O6/c1-11-14(12(2)21(3)20-11)6-8-18(24)28-10-17(23)19-15-7-5-13(27-4)9-16(15)22(25)26/h5-9H,10H2,1-4H3,(H,19,23)/b8-6+. The molecule has 1 aromatic heterocycles. The summed E-state index contributed by atoms with van der Waals surface area (Å²) in [6.07, 6.45) is 2.76. The number of anilines is 1. The van der Waals surface area contributed by atoms with Crippen LogP contribution >= 0.6 is 0 Å². The first kappa shape index (κ1) is 20.6. The number of hydrogen-bond donors (Lipinski definition) is 1. The molecule has 0 bridgehead atoms. The molecule has 2 aromatic rings. The Balaban J connectivity index is 1.96. The number of aromatic nitrogens is 2. The molecule has 10 heteroatoms. The van der Waals surface area contributed by atoms with Crippen LogP contribution in [-0.4, -0.2) is 40.3 Å². The molecule has 10 nitrogen and oxygen atoms in total. The minimum Gasteiger partial charge on any atom is -0.496 e. The fourth-order valence-corrected chi connectivity index (χ4v) is 2.45. The number of carbonyl (C=O) groups excluding carboxylic acids is 2. The molecule has 148 valence electrons. The van der Waals surface area contributed by atoms with Crippen molar-refractivity contribution in [2.75, 3.05) is 19.0 Å². The second kappa shape index (κ2) is 8.80. The maximum absolute atomic E-state index is 12.0. The highest BCUT2D eigenvalue weighted by Crippen LogP contribution is 2.28. The third-order valence-electron chi connectivity index (χ3n) is 3.97. The first-order chi connectivity index (χ1) is 13.2. The van der Waals surface area contributed by atoms with Crippen LogP contribution < -0.4 is 10.1 Å². The predicted octanol–water partition coefficient (Wildman–Crippen LogP) is 2.15. The molecule has 0 aliphatic rings. The number of benzene rings is 1. The minimum absolute atomic E-state index is 0.0241. The van der Waals surface area contributed by atoms with E-state index >= 15 is 0 Å². The van der Waals surface area contributed by atoms with E-state index in [0.29, 0.717) is 0 Å². The lowest BCUT2D eigenvalue weighted by molar-refractivity contribution is -0.384. The fourth-order valence-electron chi connectivity index (χ4n) is 2.45. The largest absolute Gasteiger partial charge is 0.496 e. The second-order valence-corrected chi connectivity index (χ2v) is 5.84. The van der Waals surface area contributed by atoms with Crippen LogP contribution in [0.5, 0.6) is 5.75 Å². The highest BCUT2D eigenvalue weighted by atomic mass is 16.6. The van der Waals surface area contributed by atoms with Gasteiger partial charge in [0.15, 0.2) is 6.61 Å². The number of rotatable bonds is 7. The van der Waals surface area contributed by atoms with E-state index < -0.39 is 23.4 Å². The Morgan fingerprint density at radius 2 is 2.07 bits per heavy atom. The quantitative estimate of drug-likeness (QED) is 0.333. The monoisotopic (exact) mass is 388 g/mol. The molecule has 0 radical (unpaired) electrons. The van der Waals surface area contributed by atoms with Gasteiger partial charge in [-0.3, -0.25) is 19.6 Å². The number of nitrogens with zero attached hydrogens (tertiary/aromatic N) is 3. The predicted molar refractivity (Wildman–Crippen MR) is 101 cm³/mol. The molecule has 1 N–H and O–H groups in total. The maximum Gasteiger partial charge on any atom is 0.331 e. The normalized spacial score (nSPS) is 10.7. The van der Waals surface area contributed by atoms with E-state index in [1.165, 1.54) is 31.4 Å². The third-order valence-corrected chi connectivity index (χ3v) is 3.97. The van der Waals surface area contributed by atoms with Crippen molar-refractivity contribution in [2.24, 2.45) is 7.05 Å². The first-order valence-corrected chi connectivity index (χ1v) is 8.20. The number of nitrogens with one attached hydrogen (secondary N) is 1. The van der Waals surface area contributed by atoms with Crippen LogP contribution in [0.25, 0.3) is 6.08 Å². The molecule has 0 spiro atoms. The van der Waals surface area contributed by atoms with Crippen LogP contribution in [0.4, 0.5) is 11.4 Å². The molecule has 2 rings (SSSR count). The van der Waals surface area contributed by atoms with E-state index in [-0.39, 0.29) is 17.1 Å². The zero-order valence-corrected chi connectivity index (χ0v) is 15.9. The van der Waals surface area contributed by atoms with Crippen molar-refractivity contribution in [3.05, 3.63) is 51.3 Å². The van der Waals surface area contributed by atoms with E-state index in [1.54, 1.807) is 17.8 Å². The van der Waals surface area contributed by atoms with Gasteiger partial charge >= 0.3 is 5.97 Å². The van der Waals surface area contributed by atoms with Gasteiger partial charge in [0.2, 0.25) is 0 Å². The van der Waals surface area contributed by atoms with Crippen molar-refractivity contribution in [1.29, 1.82) is 0 Å². The number of carbonyl (C=O) groups is 2. The fraction of sp³-hybridized carbons (Fsp3) is 0.278. The Hall–Kier alpha value is -3.69. The first-order valence-electron chi connectivity index (χ1n) is 8.20. The molecule has 0 saturated heterocycles. The molecule has 0 unspecified atom stereocenters. The molecule has 0 aliphatic heterocycles. The minimum atomic E-state index is -0.720. The van der Waals surface area contributed by atoms with Gasteiger partial charge in [0.1, 0.15) is 11.4 Å². The summed E-state index contributed by atoms with van der Waals surface area (Å²) in [4.78, 5) is 34.2. The molecule has 0 aliphatic carbocycles. The molecule has 0 fully saturated rings. The van der Waals surface area contributed by atoms with Gasteiger partial charge in [0, 0.05) is 24.4 Å². The number of nitro benzene ring substituents is 1. The number of esters is 1. The summed E-state index contributed by atoms with van der Waals surface area (Å²) in [5, 5.41) is 17.7. The molecule has 0 saturated carbocycles. The van der Waals surface area contributed by atoms with Crippen molar-refractivity contribution in [1.82, 2.24) is 9.78 Å². The average Bonchev–Trinajstić information content (AvgIpc) is 2.90. The Morgan fingerprint density at radius 3 is 2.64 bits per heavy atom. The summed E-state index contributed by atoms with van der Waals surface area (Å²) in [7, 11) is 3.17. The Bertz CT molecular complexity index is 948. The molecule has 1 aromatic carbocycles. The highest BCUT2D eigenvalue weighted by molar-refractivity contribution is 5.96. The van der Waals surface area contributed by atoms with Gasteiger partial charge in [-0.05, 0) is 32.1 Å². The molecule has 1 amide bonds. The van der Waals surface area contributed by atoms with E-state index in [1.807, 2.05) is 13.8 Å². The molecular weight excluding hydrogens is 368 g/mol. The van der Waals surface area contributed by atoms with Crippen molar-refractivity contribution in [3.8, 4) is 5.75 Å². The average molecular weight is 388 g/mol. The summed E-state index contributed by atoms with van der Waals surface area (Å²) in [6, 6.07) is 3.99. The Morgan fingerprint density at radius 1 is 1.36 bits per heavy atom. The van der Waals surface area contributed by atoms with E-state index in [4.69, 9.17) is 9.47 Å². The summed E-state index contributed by atoms with van der Waals surface area (Å²) in [5.74, 6) is -1.15. The lowest BCUT2D eigenvalue weighted by Gasteiger charge is -2.07. The SMILES string of the molecule is COc1ccc(NC(=O)COC(=O)/C=C/c2c(C)nn(C)c2C)c([N+](=O)[O-])c1. The third kappa shape index (κ3) is 4.93. The van der Waals surface area contributed by atoms with E-state index in [2.05, 4.69) is 10.4 Å². The molecule has 28 heavy (non-hydrogen) atoms. The van der Waals surface area contributed by atoms with Gasteiger partial charge in [-0.2, -0.15) is 5.10 Å². The van der Waals surface area contributed by atoms with Crippen LogP contribution in [0.15, 0.2) is 24.3 Å². The van der Waals surface area contributed by atoms with E-state index in [9.17, 15) is 19.7 Å². The van der Waals surface area contributed by atoms with E-state index in [0.717, 1.165) is 17.0 Å². The van der Waals surface area contributed by atoms with Gasteiger partial charge in [0.05, 0.1) is 23.8 Å². The summed E-state index contributed by atoms with van der Waals surface area (Å²) >= 11 is 0. The lowest BCUT2D eigenvalue weighted by atomic mass is 10.2. The molecule has 0 atom stereocenters. The number of amides is 1. The topological polar surface area (TPSA) is 126 Å². The summed E-state index contributed by atoms with van der Waals surface area (Å²) in [6.45, 7) is 3.09. The van der Waals surface area contributed by atoms with Crippen LogP contribution in [0, 0.1) is 24.0 Å². The second-order valence-electron chi connectivity index (χ2n) is 5.84. The van der Waals surface area contributed by atoms with Crippen LogP contribution in [-0.2, 0) is 21.4 Å². The van der Waals surface area contributed by atoms with Crippen LogP contribution in [0.3, 0.4) is 0 Å². The number of nitro groups is 1. The zero-order chi connectivity index (χ0) is 20.8. The molecule has 1 heterocycles. The summed E-state index contributed by atoms with van der Waals surface area (Å²) in [5.41, 5.74) is 2.07. The van der Waals surface area contributed by atoms with Gasteiger partial charge in [-0.15, -0.1) is 0 Å². The number of methoxy groups -OCH3 is 1. The summed E-state index contributed by atoms with van der Waals surface area (Å²) < 4.78 is 11.5. The smallest absolute Gasteiger partial charge is 0.331 e. The highest BCUT2D eigenvalue weighted by Gasteiger charge is 2.17. The zero-order valence-electron chi connectivity index (χ0n) is 15.9. The van der Waals surface area contributed by atoms with Crippen LogP contribution in [0.1, 0.15) is 17.0 Å². The Labute approximate surface area is 160 Å². The van der Waals surface area contributed by atoms with Gasteiger partial charge in [-0.1, -0.05) is 0 Å². The number of ether oxygens (including phenoxy) is 2. The van der Waals surface area contributed by atoms with Crippen molar-refractivity contribution in [3.63, 3.8) is 0 Å². The van der Waals surface area contributed by atoms with Crippen molar-refractivity contribution in [2.45, 2.75) is 13.8 Å². The molecular formula is C18H20N4O6. The van der Waals surface area contributed by atoms with Crippen molar-refractivity contribution < 1.29 is 24.0 Å². The number of aryl methyl sites for hydroxylation is 2. The van der Waals surface area contributed by atoms with Gasteiger partial charge in [0.25, 0.3) is 11.6 Å². The maximum atomic E-state index is 12.0. The van der Waals surface area contributed by atoms with Gasteiger partial charge < -0.3 is 14.8 Å². The van der Waals surface area contributed by atoms with Gasteiger partial charge in [-0.25, -0.2) is 4.79 Å². The Kier molecular flexibility index (Phi) is 6.48. The number of hydrogen-bond acceptors (Lipinski definition) is 7. The van der Waals surface area contributed by atoms with Crippen LogP contribution in [0.2, 0.25) is 0 Å². The lowest BCUT2D eigenvalue weighted by Crippen LogP contribution is -2.20.